The molecule has 3 aromatic carbocycles. The molecule has 0 fully saturated rings. The van der Waals surface area contributed by atoms with E-state index in [9.17, 15) is 8.42 Å². The van der Waals surface area contributed by atoms with Gasteiger partial charge in [0.1, 0.15) is 17.3 Å². The van der Waals surface area contributed by atoms with Crippen molar-refractivity contribution in [1.29, 1.82) is 0 Å². The molecule has 2 N–H and O–H groups in total. The van der Waals surface area contributed by atoms with Gasteiger partial charge in [-0.05, 0) is 54.6 Å². The van der Waals surface area contributed by atoms with Crippen molar-refractivity contribution in [3.8, 4) is 28.1 Å². The van der Waals surface area contributed by atoms with Gasteiger partial charge in [0.2, 0.25) is 10.0 Å². The molecule has 9 heteroatoms. The number of ether oxygens (including phenoxy) is 1. The zero-order chi connectivity index (χ0) is 27.2. The number of benzene rings is 3. The molecule has 0 amide bonds. The van der Waals surface area contributed by atoms with Crippen LogP contribution in [-0.4, -0.2) is 43.4 Å². The van der Waals surface area contributed by atoms with Gasteiger partial charge in [-0.2, -0.15) is 5.10 Å². The van der Waals surface area contributed by atoms with Gasteiger partial charge in [0.15, 0.2) is 0 Å². The number of nitrogens with zero attached hydrogens (tertiary/aromatic N) is 3. The zero-order valence-corrected chi connectivity index (χ0v) is 22.8. The second-order valence-electron chi connectivity index (χ2n) is 9.06. The molecule has 0 saturated heterocycles. The normalized spacial score (nSPS) is 11.5. The first kappa shape index (κ1) is 26.4. The second kappa shape index (κ2) is 11.7. The van der Waals surface area contributed by atoms with Gasteiger partial charge in [-0.3, -0.25) is 4.68 Å². The van der Waals surface area contributed by atoms with E-state index < -0.39 is 10.0 Å². The lowest BCUT2D eigenvalue weighted by Gasteiger charge is -2.11. The maximum absolute atomic E-state index is 12.9. The fourth-order valence-corrected chi connectivity index (χ4v) is 5.79. The molecular weight excluding hydrogens is 510 g/mol. The summed E-state index contributed by atoms with van der Waals surface area (Å²) < 4.78 is 35.9. The highest BCUT2D eigenvalue weighted by Gasteiger charge is 2.17. The summed E-state index contributed by atoms with van der Waals surface area (Å²) in [6, 6.07) is 24.6. The van der Waals surface area contributed by atoms with Crippen LogP contribution in [0.3, 0.4) is 0 Å². The highest BCUT2D eigenvalue weighted by molar-refractivity contribution is 7.89. The van der Waals surface area contributed by atoms with E-state index in [4.69, 9.17) is 9.84 Å². The molecule has 0 bridgehead atoms. The third-order valence-electron chi connectivity index (χ3n) is 6.49. The SMILES string of the molecule is CCn1cc(-c2ccnc(NCCCNS(=O)(=O)c3cccc4ccccc34)c2)c(-c2cccc(OC)c2)n1. The number of anilines is 1. The Morgan fingerprint density at radius 2 is 1.74 bits per heavy atom. The molecular formula is C30H31N5O3S. The molecule has 0 aliphatic rings. The van der Waals surface area contributed by atoms with E-state index in [0.717, 1.165) is 40.1 Å². The van der Waals surface area contributed by atoms with Crippen LogP contribution in [0.15, 0.2) is 96.2 Å². The molecule has 0 aliphatic heterocycles. The van der Waals surface area contributed by atoms with Crippen molar-refractivity contribution in [2.24, 2.45) is 0 Å². The molecule has 0 radical (unpaired) electrons. The van der Waals surface area contributed by atoms with Crippen molar-refractivity contribution < 1.29 is 13.2 Å². The average molecular weight is 542 g/mol. The van der Waals surface area contributed by atoms with Gasteiger partial charge in [0, 0.05) is 48.5 Å². The largest absolute Gasteiger partial charge is 0.497 e. The fraction of sp³-hybridized carbons (Fsp3) is 0.200. The van der Waals surface area contributed by atoms with Crippen molar-refractivity contribution in [2.75, 3.05) is 25.5 Å². The van der Waals surface area contributed by atoms with Crippen LogP contribution >= 0.6 is 0 Å². The molecule has 5 aromatic rings. The van der Waals surface area contributed by atoms with Crippen LogP contribution in [0.5, 0.6) is 5.75 Å². The van der Waals surface area contributed by atoms with Gasteiger partial charge >= 0.3 is 0 Å². The summed E-state index contributed by atoms with van der Waals surface area (Å²) in [5.74, 6) is 1.49. The third-order valence-corrected chi connectivity index (χ3v) is 8.01. The third kappa shape index (κ3) is 5.94. The number of hydrogen-bond acceptors (Lipinski definition) is 6. The molecule has 0 aliphatic carbocycles. The van der Waals surface area contributed by atoms with E-state index >= 15 is 0 Å². The lowest BCUT2D eigenvalue weighted by atomic mass is 10.0. The Morgan fingerprint density at radius 1 is 0.923 bits per heavy atom. The molecule has 2 aromatic heterocycles. The summed E-state index contributed by atoms with van der Waals surface area (Å²) in [4.78, 5) is 4.75. The topological polar surface area (TPSA) is 98.1 Å². The van der Waals surface area contributed by atoms with Gasteiger partial charge in [-0.25, -0.2) is 18.1 Å². The number of fused-ring (bicyclic) bond motifs is 1. The molecule has 0 saturated carbocycles. The monoisotopic (exact) mass is 541 g/mol. The van der Waals surface area contributed by atoms with E-state index in [-0.39, 0.29) is 0 Å². The highest BCUT2D eigenvalue weighted by atomic mass is 32.2. The van der Waals surface area contributed by atoms with Gasteiger partial charge in [0.25, 0.3) is 0 Å². The Bertz CT molecular complexity index is 1690. The van der Waals surface area contributed by atoms with E-state index in [2.05, 4.69) is 21.9 Å². The first-order valence-corrected chi connectivity index (χ1v) is 14.4. The Balaban J connectivity index is 1.25. The van der Waals surface area contributed by atoms with Crippen LogP contribution in [-0.2, 0) is 16.6 Å². The van der Waals surface area contributed by atoms with Gasteiger partial charge in [-0.1, -0.05) is 48.5 Å². The quantitative estimate of drug-likeness (QED) is 0.212. The van der Waals surface area contributed by atoms with Crippen LogP contribution < -0.4 is 14.8 Å². The van der Waals surface area contributed by atoms with E-state index in [1.54, 1.807) is 25.4 Å². The minimum absolute atomic E-state index is 0.294. The summed E-state index contributed by atoms with van der Waals surface area (Å²) >= 11 is 0. The summed E-state index contributed by atoms with van der Waals surface area (Å²) in [5, 5.41) is 9.71. The van der Waals surface area contributed by atoms with Crippen molar-refractivity contribution in [3.63, 3.8) is 0 Å². The lowest BCUT2D eigenvalue weighted by Crippen LogP contribution is -2.26. The number of hydrogen-bond donors (Lipinski definition) is 2. The van der Waals surface area contributed by atoms with Crippen LogP contribution in [0.25, 0.3) is 33.2 Å². The minimum Gasteiger partial charge on any atom is -0.497 e. The molecule has 8 nitrogen and oxygen atoms in total. The Kier molecular flexibility index (Phi) is 7.90. The molecule has 2 heterocycles. The predicted molar refractivity (Wildman–Crippen MR) is 155 cm³/mol. The van der Waals surface area contributed by atoms with E-state index in [1.807, 2.05) is 77.6 Å². The average Bonchev–Trinajstić information content (AvgIpc) is 3.42. The molecule has 5 rings (SSSR count). The van der Waals surface area contributed by atoms with Crippen molar-refractivity contribution >= 4 is 26.6 Å². The number of aromatic nitrogens is 3. The predicted octanol–water partition coefficient (Wildman–Crippen LogP) is 5.57. The number of methoxy groups -OCH3 is 1. The van der Waals surface area contributed by atoms with Crippen molar-refractivity contribution in [2.45, 2.75) is 24.8 Å². The van der Waals surface area contributed by atoms with Crippen molar-refractivity contribution in [1.82, 2.24) is 19.5 Å². The number of nitrogens with one attached hydrogen (secondary N) is 2. The summed E-state index contributed by atoms with van der Waals surface area (Å²) in [5.41, 5.74) is 3.83. The smallest absolute Gasteiger partial charge is 0.241 e. The second-order valence-corrected chi connectivity index (χ2v) is 10.8. The Morgan fingerprint density at radius 3 is 2.59 bits per heavy atom. The molecule has 39 heavy (non-hydrogen) atoms. The van der Waals surface area contributed by atoms with Gasteiger partial charge in [0.05, 0.1) is 12.0 Å². The number of rotatable bonds is 11. The Labute approximate surface area is 228 Å². The number of sulfonamides is 1. The zero-order valence-electron chi connectivity index (χ0n) is 22.0. The molecule has 0 unspecified atom stereocenters. The summed E-state index contributed by atoms with van der Waals surface area (Å²) in [6.07, 6.45) is 4.40. The standard InChI is InChI=1S/C30H31N5O3S/c1-3-35-21-27(30(34-35)24-11-6-12-25(19-24)38-2)23-15-18-32-29(20-23)31-16-8-17-33-39(36,37)28-14-7-10-22-9-4-5-13-26(22)28/h4-7,9-15,18-21,33H,3,8,16-17H2,1-2H3,(H,31,32). The highest BCUT2D eigenvalue weighted by Crippen LogP contribution is 2.33. The number of pyridine rings is 1. The number of aryl methyl sites for hydroxylation is 1. The van der Waals surface area contributed by atoms with Gasteiger partial charge < -0.3 is 10.1 Å². The maximum atomic E-state index is 12.9. The van der Waals surface area contributed by atoms with E-state index in [1.165, 1.54) is 0 Å². The van der Waals surface area contributed by atoms with Crippen LogP contribution in [0, 0.1) is 0 Å². The molecule has 0 atom stereocenters. The summed E-state index contributed by atoms with van der Waals surface area (Å²) in [7, 11) is -1.97. The van der Waals surface area contributed by atoms with Crippen molar-refractivity contribution in [3.05, 3.63) is 91.3 Å². The maximum Gasteiger partial charge on any atom is 0.241 e. The first-order valence-electron chi connectivity index (χ1n) is 12.9. The fourth-order valence-electron chi connectivity index (χ4n) is 4.49. The molecule has 0 spiro atoms. The minimum atomic E-state index is -3.62. The van der Waals surface area contributed by atoms with Crippen LogP contribution in [0.1, 0.15) is 13.3 Å². The van der Waals surface area contributed by atoms with Crippen LogP contribution in [0.4, 0.5) is 5.82 Å². The first-order chi connectivity index (χ1) is 19.0. The summed E-state index contributed by atoms with van der Waals surface area (Å²) in [6.45, 7) is 3.68. The molecule has 200 valence electrons. The lowest BCUT2D eigenvalue weighted by molar-refractivity contribution is 0.415. The van der Waals surface area contributed by atoms with E-state index in [0.29, 0.717) is 35.6 Å². The van der Waals surface area contributed by atoms with Gasteiger partial charge in [-0.15, -0.1) is 0 Å². The van der Waals surface area contributed by atoms with Crippen LogP contribution in [0.2, 0.25) is 0 Å². The Hall–Kier alpha value is -4.21.